The van der Waals surface area contributed by atoms with Gasteiger partial charge < -0.3 is 0 Å². The second-order valence-electron chi connectivity index (χ2n) is 4.00. The molecule has 1 aromatic rings. The van der Waals surface area contributed by atoms with Crippen LogP contribution >= 0.6 is 0 Å². The van der Waals surface area contributed by atoms with Gasteiger partial charge in [0, 0.05) is 13.1 Å². The number of sulfonamides is 1. The van der Waals surface area contributed by atoms with E-state index in [-0.39, 0.29) is 11.8 Å². The van der Waals surface area contributed by atoms with Crippen molar-refractivity contribution in [1.29, 1.82) is 0 Å². The third kappa shape index (κ3) is 2.83. The first kappa shape index (κ1) is 13.2. The first-order valence-electron chi connectivity index (χ1n) is 5.40. The van der Waals surface area contributed by atoms with E-state index in [4.69, 9.17) is 0 Å². The fourth-order valence-corrected chi connectivity index (χ4v) is 2.51. The molecular formula is C12H19NO2S. The lowest BCUT2D eigenvalue weighted by atomic mass is 10.1. The van der Waals surface area contributed by atoms with Crippen LogP contribution < -0.4 is 0 Å². The molecule has 0 amide bonds. The Morgan fingerprint density at radius 1 is 1.25 bits per heavy atom. The van der Waals surface area contributed by atoms with Gasteiger partial charge in [0.1, 0.15) is 0 Å². The Kier molecular flexibility index (Phi) is 4.10. The molecule has 0 N–H and O–H groups in total. The Bertz CT molecular complexity index is 437. The van der Waals surface area contributed by atoms with Crippen molar-refractivity contribution in [1.82, 2.24) is 4.31 Å². The molecule has 3 nitrogen and oxygen atoms in total. The van der Waals surface area contributed by atoms with Crippen LogP contribution in [0.15, 0.2) is 24.3 Å². The molecule has 0 spiro atoms. The summed E-state index contributed by atoms with van der Waals surface area (Å²) in [7, 11) is -1.49. The van der Waals surface area contributed by atoms with Crippen LogP contribution in [-0.4, -0.2) is 25.5 Å². The van der Waals surface area contributed by atoms with E-state index >= 15 is 0 Å². The van der Waals surface area contributed by atoms with Gasteiger partial charge in [0.05, 0.1) is 5.75 Å². The minimum atomic E-state index is -3.12. The molecule has 0 aliphatic carbocycles. The SMILES string of the molecule is CCS(=O)(=O)N(C)C(C)c1ccc(C)cc1. The van der Waals surface area contributed by atoms with E-state index in [0.717, 1.165) is 5.56 Å². The molecule has 0 aliphatic rings. The number of rotatable bonds is 4. The Morgan fingerprint density at radius 2 is 1.75 bits per heavy atom. The molecule has 0 aromatic heterocycles. The maximum Gasteiger partial charge on any atom is 0.214 e. The standard InChI is InChI=1S/C12H19NO2S/c1-5-16(14,15)13(4)11(3)12-8-6-10(2)7-9-12/h6-9,11H,5H2,1-4H3. The van der Waals surface area contributed by atoms with Crippen LogP contribution in [0.2, 0.25) is 0 Å². The lowest BCUT2D eigenvalue weighted by Gasteiger charge is -2.24. The molecule has 1 atom stereocenters. The largest absolute Gasteiger partial charge is 0.214 e. The Labute approximate surface area is 98.1 Å². The normalized spacial score (nSPS) is 14.1. The topological polar surface area (TPSA) is 37.4 Å². The van der Waals surface area contributed by atoms with Crippen LogP contribution in [0.3, 0.4) is 0 Å². The van der Waals surface area contributed by atoms with E-state index in [1.54, 1.807) is 14.0 Å². The predicted molar refractivity (Wildman–Crippen MR) is 66.8 cm³/mol. The van der Waals surface area contributed by atoms with Crippen molar-refractivity contribution in [3.63, 3.8) is 0 Å². The summed E-state index contributed by atoms with van der Waals surface area (Å²) in [6.45, 7) is 5.58. The number of hydrogen-bond acceptors (Lipinski definition) is 2. The molecule has 4 heteroatoms. The smallest absolute Gasteiger partial charge is 0.212 e. The van der Waals surface area contributed by atoms with Crippen LogP contribution in [0.5, 0.6) is 0 Å². The summed E-state index contributed by atoms with van der Waals surface area (Å²) in [6, 6.07) is 7.82. The molecule has 1 aromatic carbocycles. The van der Waals surface area contributed by atoms with Crippen molar-refractivity contribution in [2.75, 3.05) is 12.8 Å². The van der Waals surface area contributed by atoms with Gasteiger partial charge in [-0.1, -0.05) is 29.8 Å². The van der Waals surface area contributed by atoms with Gasteiger partial charge in [0.25, 0.3) is 0 Å². The number of benzene rings is 1. The summed E-state index contributed by atoms with van der Waals surface area (Å²) >= 11 is 0. The minimum Gasteiger partial charge on any atom is -0.212 e. The second-order valence-corrected chi connectivity index (χ2v) is 6.32. The van der Waals surface area contributed by atoms with Gasteiger partial charge in [-0.05, 0) is 26.3 Å². The van der Waals surface area contributed by atoms with E-state index in [2.05, 4.69) is 0 Å². The summed E-state index contributed by atoms with van der Waals surface area (Å²) in [5.74, 6) is 0.139. The highest BCUT2D eigenvalue weighted by Gasteiger charge is 2.22. The van der Waals surface area contributed by atoms with E-state index in [1.165, 1.54) is 9.87 Å². The molecule has 0 bridgehead atoms. The molecule has 1 rings (SSSR count). The van der Waals surface area contributed by atoms with Gasteiger partial charge in [-0.2, -0.15) is 4.31 Å². The average Bonchev–Trinajstić information content (AvgIpc) is 2.28. The second kappa shape index (κ2) is 4.97. The van der Waals surface area contributed by atoms with E-state index in [0.29, 0.717) is 0 Å². The first-order chi connectivity index (χ1) is 7.38. The molecule has 90 valence electrons. The highest BCUT2D eigenvalue weighted by molar-refractivity contribution is 7.89. The third-order valence-corrected chi connectivity index (χ3v) is 4.83. The molecule has 1 unspecified atom stereocenters. The quantitative estimate of drug-likeness (QED) is 0.811. The maximum absolute atomic E-state index is 11.7. The zero-order valence-electron chi connectivity index (χ0n) is 10.3. The molecule has 0 saturated heterocycles. The van der Waals surface area contributed by atoms with Crippen molar-refractivity contribution in [3.8, 4) is 0 Å². The zero-order valence-corrected chi connectivity index (χ0v) is 11.1. The Balaban J connectivity index is 2.94. The fourth-order valence-electron chi connectivity index (χ4n) is 1.50. The molecule has 0 aliphatic heterocycles. The summed E-state index contributed by atoms with van der Waals surface area (Å²) in [6.07, 6.45) is 0. The lowest BCUT2D eigenvalue weighted by molar-refractivity contribution is 0.399. The number of nitrogens with zero attached hydrogens (tertiary/aromatic N) is 1. The molecule has 0 heterocycles. The Hall–Kier alpha value is -0.870. The van der Waals surface area contributed by atoms with Crippen molar-refractivity contribution in [2.24, 2.45) is 0 Å². The van der Waals surface area contributed by atoms with Crippen molar-refractivity contribution in [2.45, 2.75) is 26.8 Å². The fraction of sp³-hybridized carbons (Fsp3) is 0.500. The van der Waals surface area contributed by atoms with E-state index in [9.17, 15) is 8.42 Å². The third-order valence-electron chi connectivity index (χ3n) is 2.91. The van der Waals surface area contributed by atoms with E-state index in [1.807, 2.05) is 38.1 Å². The van der Waals surface area contributed by atoms with Gasteiger partial charge in [-0.15, -0.1) is 0 Å². The monoisotopic (exact) mass is 241 g/mol. The summed E-state index contributed by atoms with van der Waals surface area (Å²) < 4.78 is 24.8. The maximum atomic E-state index is 11.7. The first-order valence-corrected chi connectivity index (χ1v) is 7.01. The van der Waals surface area contributed by atoms with Gasteiger partial charge in [-0.25, -0.2) is 8.42 Å². The van der Waals surface area contributed by atoms with Gasteiger partial charge in [-0.3, -0.25) is 0 Å². The number of hydrogen-bond donors (Lipinski definition) is 0. The van der Waals surface area contributed by atoms with Gasteiger partial charge in [0.15, 0.2) is 0 Å². The highest BCUT2D eigenvalue weighted by Crippen LogP contribution is 2.21. The van der Waals surface area contributed by atoms with Crippen LogP contribution in [0.4, 0.5) is 0 Å². The van der Waals surface area contributed by atoms with Crippen molar-refractivity contribution < 1.29 is 8.42 Å². The predicted octanol–water partition coefficient (Wildman–Crippen LogP) is 2.34. The van der Waals surface area contributed by atoms with Crippen molar-refractivity contribution in [3.05, 3.63) is 35.4 Å². The van der Waals surface area contributed by atoms with Crippen molar-refractivity contribution >= 4 is 10.0 Å². The van der Waals surface area contributed by atoms with Crippen LogP contribution in [0.1, 0.15) is 31.0 Å². The molecule has 0 fully saturated rings. The van der Waals surface area contributed by atoms with Gasteiger partial charge >= 0.3 is 0 Å². The lowest BCUT2D eigenvalue weighted by Crippen LogP contribution is -2.30. The van der Waals surface area contributed by atoms with E-state index < -0.39 is 10.0 Å². The minimum absolute atomic E-state index is 0.120. The van der Waals surface area contributed by atoms with Crippen LogP contribution in [0, 0.1) is 6.92 Å². The summed E-state index contributed by atoms with van der Waals surface area (Å²) in [5.41, 5.74) is 2.20. The van der Waals surface area contributed by atoms with Gasteiger partial charge in [0.2, 0.25) is 10.0 Å². The highest BCUT2D eigenvalue weighted by atomic mass is 32.2. The average molecular weight is 241 g/mol. The number of aryl methyl sites for hydroxylation is 1. The Morgan fingerprint density at radius 3 is 2.19 bits per heavy atom. The summed E-state index contributed by atoms with van der Waals surface area (Å²) in [5, 5.41) is 0. The summed E-state index contributed by atoms with van der Waals surface area (Å²) in [4.78, 5) is 0. The molecule has 0 saturated carbocycles. The molecular weight excluding hydrogens is 222 g/mol. The zero-order chi connectivity index (χ0) is 12.3. The molecule has 16 heavy (non-hydrogen) atoms. The molecule has 0 radical (unpaired) electrons. The van der Waals surface area contributed by atoms with Crippen LogP contribution in [0.25, 0.3) is 0 Å². The van der Waals surface area contributed by atoms with Crippen LogP contribution in [-0.2, 0) is 10.0 Å².